The molecule has 0 bridgehead atoms. The van der Waals surface area contributed by atoms with Crippen molar-refractivity contribution in [1.82, 2.24) is 4.90 Å². The Hall–Kier alpha value is -1.14. The number of nitrogens with zero attached hydrogens (tertiary/aromatic N) is 2. The van der Waals surface area contributed by atoms with E-state index in [1.165, 1.54) is 6.07 Å². The molecule has 17 heavy (non-hydrogen) atoms. The topological polar surface area (TPSA) is 58.4 Å². The first-order valence-corrected chi connectivity index (χ1v) is 6.04. The van der Waals surface area contributed by atoms with Crippen LogP contribution < -0.4 is 5.32 Å². The maximum absolute atomic E-state index is 10.9. The van der Waals surface area contributed by atoms with E-state index in [1.54, 1.807) is 12.1 Å². The molecule has 0 amide bonds. The van der Waals surface area contributed by atoms with Gasteiger partial charge in [0.25, 0.3) is 5.69 Å². The van der Waals surface area contributed by atoms with Crippen LogP contribution in [0.5, 0.6) is 0 Å². The van der Waals surface area contributed by atoms with E-state index in [1.807, 2.05) is 25.9 Å². The third-order valence-corrected chi connectivity index (χ3v) is 2.69. The highest BCUT2D eigenvalue weighted by molar-refractivity contribution is 9.10. The summed E-state index contributed by atoms with van der Waals surface area (Å²) in [5.41, 5.74) is 0.637. The van der Waals surface area contributed by atoms with Gasteiger partial charge in [-0.15, -0.1) is 0 Å². The number of likely N-dealkylation sites (N-methyl/N-ethyl adjacent to an activating group) is 1. The van der Waals surface area contributed by atoms with Crippen LogP contribution in [-0.2, 0) is 0 Å². The summed E-state index contributed by atoms with van der Waals surface area (Å²) in [5, 5.41) is 14.0. The Balaban J connectivity index is 2.88. The molecule has 1 aromatic carbocycles. The zero-order chi connectivity index (χ0) is 13.0. The van der Waals surface area contributed by atoms with Gasteiger partial charge in [-0.3, -0.25) is 10.1 Å². The molecule has 0 aliphatic carbocycles. The molecule has 1 N–H and O–H groups in total. The first-order chi connectivity index (χ1) is 7.90. The Morgan fingerprint density at radius 3 is 2.71 bits per heavy atom. The number of nitro benzene ring substituents is 1. The van der Waals surface area contributed by atoms with Gasteiger partial charge in [0.2, 0.25) is 0 Å². The Bertz CT molecular complexity index is 410. The Kier molecular flexibility index (Phi) is 4.89. The number of anilines is 1. The van der Waals surface area contributed by atoms with Gasteiger partial charge in [-0.2, -0.15) is 0 Å². The molecule has 0 fully saturated rings. The number of rotatable bonds is 5. The third-order valence-electron chi connectivity index (χ3n) is 2.20. The molecule has 5 nitrogen and oxygen atoms in total. The van der Waals surface area contributed by atoms with Crippen molar-refractivity contribution in [2.75, 3.05) is 26.0 Å². The molecule has 0 aliphatic heterocycles. The first kappa shape index (κ1) is 13.9. The number of benzene rings is 1. The molecule has 6 heteroatoms. The summed E-state index contributed by atoms with van der Waals surface area (Å²) in [4.78, 5) is 12.5. The number of nitro groups is 1. The standard InChI is InChI=1S/C11H16BrN3O2/c1-8(7-14(2)3)13-10-6-9(12)4-5-11(10)15(16)17/h4-6,8,13H,7H2,1-3H3. The number of nitrogens with one attached hydrogen (secondary N) is 1. The zero-order valence-corrected chi connectivity index (χ0v) is 11.7. The van der Waals surface area contributed by atoms with Crippen molar-refractivity contribution in [1.29, 1.82) is 0 Å². The second-order valence-corrected chi connectivity index (χ2v) is 5.14. The van der Waals surface area contributed by atoms with Crippen LogP contribution in [0.2, 0.25) is 0 Å². The summed E-state index contributed by atoms with van der Waals surface area (Å²) in [6, 6.07) is 5.02. The van der Waals surface area contributed by atoms with E-state index >= 15 is 0 Å². The minimum atomic E-state index is -0.378. The first-order valence-electron chi connectivity index (χ1n) is 5.25. The van der Waals surface area contributed by atoms with E-state index in [0.717, 1.165) is 11.0 Å². The van der Waals surface area contributed by atoms with E-state index in [2.05, 4.69) is 21.2 Å². The summed E-state index contributed by atoms with van der Waals surface area (Å²) in [6.45, 7) is 2.80. The highest BCUT2D eigenvalue weighted by Gasteiger charge is 2.15. The SMILES string of the molecule is CC(CN(C)C)Nc1cc(Br)ccc1[N+](=O)[O-]. The van der Waals surface area contributed by atoms with Gasteiger partial charge in [0, 0.05) is 23.1 Å². The lowest BCUT2D eigenvalue weighted by Crippen LogP contribution is -2.29. The number of halogens is 1. The van der Waals surface area contributed by atoms with Crippen LogP contribution in [0.3, 0.4) is 0 Å². The van der Waals surface area contributed by atoms with Gasteiger partial charge in [0.05, 0.1) is 4.92 Å². The quantitative estimate of drug-likeness (QED) is 0.671. The van der Waals surface area contributed by atoms with E-state index in [4.69, 9.17) is 0 Å². The molecular formula is C11H16BrN3O2. The van der Waals surface area contributed by atoms with Crippen LogP contribution in [-0.4, -0.2) is 36.5 Å². The van der Waals surface area contributed by atoms with Crippen LogP contribution in [0.1, 0.15) is 6.92 Å². The van der Waals surface area contributed by atoms with Gasteiger partial charge in [-0.1, -0.05) is 15.9 Å². The predicted octanol–water partition coefficient (Wildman–Crippen LogP) is 2.72. The molecule has 1 aromatic rings. The average Bonchev–Trinajstić information content (AvgIpc) is 2.15. The zero-order valence-electron chi connectivity index (χ0n) is 10.1. The Morgan fingerprint density at radius 1 is 1.53 bits per heavy atom. The van der Waals surface area contributed by atoms with Crippen molar-refractivity contribution < 1.29 is 4.92 Å². The highest BCUT2D eigenvalue weighted by atomic mass is 79.9. The average molecular weight is 302 g/mol. The highest BCUT2D eigenvalue weighted by Crippen LogP contribution is 2.28. The van der Waals surface area contributed by atoms with Crippen LogP contribution in [0.4, 0.5) is 11.4 Å². The molecule has 1 unspecified atom stereocenters. The second-order valence-electron chi connectivity index (χ2n) is 4.23. The van der Waals surface area contributed by atoms with E-state index in [-0.39, 0.29) is 16.7 Å². The monoisotopic (exact) mass is 301 g/mol. The molecule has 1 atom stereocenters. The minimum Gasteiger partial charge on any atom is -0.376 e. The van der Waals surface area contributed by atoms with E-state index in [0.29, 0.717) is 5.69 Å². The van der Waals surface area contributed by atoms with Crippen molar-refractivity contribution in [3.63, 3.8) is 0 Å². The molecule has 0 aromatic heterocycles. The van der Waals surface area contributed by atoms with Gasteiger partial charge >= 0.3 is 0 Å². The van der Waals surface area contributed by atoms with Crippen molar-refractivity contribution in [2.45, 2.75) is 13.0 Å². The normalized spacial score (nSPS) is 12.5. The van der Waals surface area contributed by atoms with Gasteiger partial charge in [0.15, 0.2) is 0 Å². The minimum absolute atomic E-state index is 0.0961. The smallest absolute Gasteiger partial charge is 0.292 e. The molecule has 0 saturated heterocycles. The van der Waals surface area contributed by atoms with Gasteiger partial charge in [0.1, 0.15) is 5.69 Å². The lowest BCUT2D eigenvalue weighted by atomic mass is 10.2. The maximum atomic E-state index is 10.9. The fraction of sp³-hybridized carbons (Fsp3) is 0.455. The summed E-state index contributed by atoms with van der Waals surface area (Å²) in [7, 11) is 3.93. The van der Waals surface area contributed by atoms with Crippen molar-refractivity contribution in [3.05, 3.63) is 32.8 Å². The largest absolute Gasteiger partial charge is 0.376 e. The van der Waals surface area contributed by atoms with Gasteiger partial charge in [-0.25, -0.2) is 0 Å². The summed E-state index contributed by atoms with van der Waals surface area (Å²) >= 11 is 3.31. The third kappa shape index (κ3) is 4.32. The lowest BCUT2D eigenvalue weighted by Gasteiger charge is -2.19. The lowest BCUT2D eigenvalue weighted by molar-refractivity contribution is -0.384. The molecule has 0 radical (unpaired) electrons. The van der Waals surface area contributed by atoms with E-state index < -0.39 is 0 Å². The van der Waals surface area contributed by atoms with Crippen LogP contribution in [0.15, 0.2) is 22.7 Å². The van der Waals surface area contributed by atoms with Crippen LogP contribution in [0.25, 0.3) is 0 Å². The molecule has 0 aliphatic rings. The number of hydrogen-bond acceptors (Lipinski definition) is 4. The Morgan fingerprint density at radius 2 is 2.18 bits per heavy atom. The maximum Gasteiger partial charge on any atom is 0.292 e. The molecule has 0 spiro atoms. The Labute approximate surface area is 109 Å². The number of hydrogen-bond donors (Lipinski definition) is 1. The molecule has 0 heterocycles. The second kappa shape index (κ2) is 5.97. The van der Waals surface area contributed by atoms with Crippen molar-refractivity contribution in [2.24, 2.45) is 0 Å². The summed E-state index contributed by atoms with van der Waals surface area (Å²) in [6.07, 6.45) is 0. The predicted molar refractivity (Wildman–Crippen MR) is 72.4 cm³/mol. The van der Waals surface area contributed by atoms with Crippen molar-refractivity contribution in [3.8, 4) is 0 Å². The van der Waals surface area contributed by atoms with E-state index in [9.17, 15) is 10.1 Å². The van der Waals surface area contributed by atoms with Crippen LogP contribution in [0, 0.1) is 10.1 Å². The summed E-state index contributed by atoms with van der Waals surface area (Å²) < 4.78 is 0.822. The fourth-order valence-corrected chi connectivity index (χ4v) is 2.00. The van der Waals surface area contributed by atoms with Gasteiger partial charge < -0.3 is 10.2 Å². The fourth-order valence-electron chi connectivity index (χ4n) is 1.64. The van der Waals surface area contributed by atoms with Crippen molar-refractivity contribution >= 4 is 27.3 Å². The molecule has 1 rings (SSSR count). The van der Waals surface area contributed by atoms with Crippen LogP contribution >= 0.6 is 15.9 Å². The molecule has 0 saturated carbocycles. The molecular weight excluding hydrogens is 286 g/mol. The molecule has 94 valence electrons. The summed E-state index contributed by atoms with van der Waals surface area (Å²) in [5.74, 6) is 0. The van der Waals surface area contributed by atoms with Gasteiger partial charge in [-0.05, 0) is 33.2 Å².